The van der Waals surface area contributed by atoms with Crippen molar-refractivity contribution in [3.8, 4) is 0 Å². The normalized spacial score (nSPS) is 22.8. The average Bonchev–Trinajstić information content (AvgIpc) is 0.798. The van der Waals surface area contributed by atoms with Crippen LogP contribution in [0.4, 0.5) is 0 Å². The Morgan fingerprint density at radius 1 is 0.347 bits per heavy atom. The first-order valence-electron chi connectivity index (χ1n) is 40.2. The standard InChI is InChI=1S/C76H122N10O35/c1-45(87)84-66-72(118-53(9)95)69(115-50(6)92)57(40-112-47(3)89)120-74(66)109-33-15-12-21-60(98)79-27-18-30-82-63(101)24-36-106-43-76(77,42-105-35-23-62(100)81-29-17-26-78-59(97)20-11-14-32-108-56-38-55(39-111-46(2)88)68(114-49(5)91)71(65(56)85-103)117-52(8)94)44-107-37-25-64(102)83-31-19-28-80-61(99)22-13-16-34-110-75-67(86-104)73(119-54(10)96)70(116-51(7)93)58(121-75)41-113-48(4)90/h55-58,65-75H,11-44,77H2,1-10H3,(H,78,97)(H,79,98)(H,80,99)(H,81,100)(H,82,101)(H,83,102)(H,84,87)/t55-,56-,57-,58-,65+,66-,67-,68+,69+,70+,71-,72-,73-,74-,75-,76?/m1/s1. The molecule has 45 nitrogen and oxygen atoms in total. The summed E-state index contributed by atoms with van der Waals surface area (Å²) >= 11 is 0. The molecule has 45 heteroatoms. The number of carbonyl (C=O) groups is 16. The van der Waals surface area contributed by atoms with E-state index in [-0.39, 0.29) is 186 Å². The number of ether oxygens (including phenoxy) is 17. The van der Waals surface area contributed by atoms with E-state index in [0.717, 1.165) is 55.4 Å². The Bertz CT molecular complexity index is 3200. The first kappa shape index (κ1) is 106. The van der Waals surface area contributed by atoms with Crippen molar-refractivity contribution in [1.29, 1.82) is 0 Å². The Morgan fingerprint density at radius 3 is 1.02 bits per heavy atom. The van der Waals surface area contributed by atoms with Crippen molar-refractivity contribution in [2.75, 3.05) is 119 Å². The summed E-state index contributed by atoms with van der Waals surface area (Å²) in [6.45, 7) is 10.8. The Labute approximate surface area is 700 Å². The number of carbonyl (C=O) groups excluding carboxylic acids is 16. The second kappa shape index (κ2) is 59.2. The van der Waals surface area contributed by atoms with Crippen LogP contribution in [0.1, 0.15) is 172 Å². The molecule has 0 bridgehead atoms. The highest BCUT2D eigenvalue weighted by atomic mass is 16.7. The van der Waals surface area contributed by atoms with Crippen molar-refractivity contribution in [3.63, 3.8) is 0 Å². The number of hydrogen-bond donors (Lipinski definition) is 8. The van der Waals surface area contributed by atoms with Crippen LogP contribution in [-0.4, -0.2) is 305 Å². The fraction of sp³-hybridized carbons (Fsp3) is 0.789. The molecule has 3 rings (SSSR count). The molecule has 7 amide bonds. The van der Waals surface area contributed by atoms with Gasteiger partial charge in [-0.25, -0.2) is 0 Å². The van der Waals surface area contributed by atoms with Crippen molar-refractivity contribution in [3.05, 3.63) is 9.81 Å². The molecule has 16 atom stereocenters. The van der Waals surface area contributed by atoms with Crippen LogP contribution >= 0.6 is 0 Å². The zero-order valence-electron chi connectivity index (χ0n) is 70.5. The molecule has 1 saturated carbocycles. The third-order valence-corrected chi connectivity index (χ3v) is 18.0. The van der Waals surface area contributed by atoms with Crippen LogP contribution in [0.2, 0.25) is 0 Å². The van der Waals surface area contributed by atoms with Gasteiger partial charge in [-0.15, -0.1) is 0 Å². The number of esters is 9. The lowest BCUT2D eigenvalue weighted by molar-refractivity contribution is -0.277. The molecular weight excluding hydrogens is 1610 g/mol. The minimum absolute atomic E-state index is 0.00614. The van der Waals surface area contributed by atoms with Crippen molar-refractivity contribution < 1.29 is 157 Å². The molecule has 0 aromatic heterocycles. The highest BCUT2D eigenvalue weighted by Gasteiger charge is 2.54. The summed E-state index contributed by atoms with van der Waals surface area (Å²) in [7, 11) is 0. The van der Waals surface area contributed by atoms with Gasteiger partial charge < -0.3 is 123 Å². The summed E-state index contributed by atoms with van der Waals surface area (Å²) < 4.78 is 94.5. The van der Waals surface area contributed by atoms with Gasteiger partial charge in [0.15, 0.2) is 55.2 Å². The van der Waals surface area contributed by atoms with E-state index < -0.39 is 170 Å². The zero-order chi connectivity index (χ0) is 89.8. The molecule has 2 saturated heterocycles. The van der Waals surface area contributed by atoms with Gasteiger partial charge in [0, 0.05) is 173 Å². The SMILES string of the molecule is CC(=O)N[C@H]1[C@H](OCCCCC(=O)NCCCNC(=O)CCOCC(N)(COCCC(=O)NCCCNC(=O)CCCCO[C@@H]2O[C@H](COC(C)=O)[C@H](OC(C)=O)[C@H](OC(C)=O)[C@H]2N=O)COCCC(=O)NCCCNC(=O)CCCCO[C@@H]2C[C@H](COC(C)=O)[C@H](OC(C)=O)[C@H](OC(C)=O)[C@H]2N=O)O[C@H](COC(C)=O)[C@H](OC(C)=O)[C@@H]1OC(C)=O. The van der Waals surface area contributed by atoms with Gasteiger partial charge in [0.25, 0.3) is 0 Å². The van der Waals surface area contributed by atoms with E-state index in [1.165, 1.54) is 13.8 Å². The maximum absolute atomic E-state index is 12.8. The average molecular weight is 1740 g/mol. The molecule has 1 aliphatic carbocycles. The van der Waals surface area contributed by atoms with Gasteiger partial charge >= 0.3 is 53.7 Å². The molecule has 0 aromatic rings. The van der Waals surface area contributed by atoms with Gasteiger partial charge in [-0.3, -0.25) is 76.7 Å². The Balaban J connectivity index is 1.45. The van der Waals surface area contributed by atoms with Crippen molar-refractivity contribution in [2.24, 2.45) is 22.0 Å². The van der Waals surface area contributed by atoms with E-state index in [9.17, 15) is 86.5 Å². The first-order chi connectivity index (χ1) is 57.5. The second-order valence-corrected chi connectivity index (χ2v) is 28.8. The molecule has 3 fully saturated rings. The molecule has 2 aliphatic heterocycles. The molecule has 0 spiro atoms. The fourth-order valence-corrected chi connectivity index (χ4v) is 12.6. The molecule has 121 heavy (non-hydrogen) atoms. The maximum Gasteiger partial charge on any atom is 0.303 e. The minimum Gasteiger partial charge on any atom is -0.465 e. The van der Waals surface area contributed by atoms with Crippen LogP contribution in [0, 0.1) is 15.7 Å². The summed E-state index contributed by atoms with van der Waals surface area (Å²) in [6, 6.07) is -3.88. The molecular formula is C76H122N10O35. The summed E-state index contributed by atoms with van der Waals surface area (Å²) in [5.41, 5.74) is 5.38. The predicted octanol–water partition coefficient (Wildman–Crippen LogP) is -0.775. The number of nitrogens with one attached hydrogen (secondary N) is 7. The summed E-state index contributed by atoms with van der Waals surface area (Å²) in [6.07, 6.45) is -10.4. The summed E-state index contributed by atoms with van der Waals surface area (Å²) in [4.78, 5) is 220. The van der Waals surface area contributed by atoms with Crippen molar-refractivity contribution in [1.82, 2.24) is 37.2 Å². The molecule has 0 aromatic carbocycles. The highest BCUT2D eigenvalue weighted by Crippen LogP contribution is 2.36. The van der Waals surface area contributed by atoms with Crippen LogP contribution in [0.15, 0.2) is 10.4 Å². The van der Waals surface area contributed by atoms with Crippen LogP contribution < -0.4 is 43.0 Å². The van der Waals surface area contributed by atoms with E-state index in [1.807, 2.05) is 0 Å². The topological polar surface area (TPSA) is 599 Å². The lowest BCUT2D eigenvalue weighted by atomic mass is 9.79. The van der Waals surface area contributed by atoms with Gasteiger partial charge in [0.2, 0.25) is 41.4 Å². The van der Waals surface area contributed by atoms with E-state index in [4.69, 9.17) is 86.3 Å². The van der Waals surface area contributed by atoms with Crippen molar-refractivity contribution in [2.45, 2.75) is 263 Å². The van der Waals surface area contributed by atoms with Crippen LogP contribution in [0.3, 0.4) is 0 Å². The lowest BCUT2D eigenvalue weighted by Crippen LogP contribution is -2.66. The van der Waals surface area contributed by atoms with Gasteiger partial charge in [0.05, 0.1) is 57.9 Å². The number of hydrogen-bond acceptors (Lipinski definition) is 38. The second-order valence-electron chi connectivity index (χ2n) is 28.8. The molecule has 3 aliphatic rings. The summed E-state index contributed by atoms with van der Waals surface area (Å²) in [5.74, 6) is -9.75. The van der Waals surface area contributed by atoms with E-state index in [2.05, 4.69) is 47.6 Å². The summed E-state index contributed by atoms with van der Waals surface area (Å²) in [5, 5.41) is 25.4. The number of nitrogens with zero attached hydrogens (tertiary/aromatic N) is 2. The third kappa shape index (κ3) is 45.2. The smallest absolute Gasteiger partial charge is 0.303 e. The number of rotatable bonds is 60. The fourth-order valence-electron chi connectivity index (χ4n) is 12.6. The molecule has 686 valence electrons. The minimum atomic E-state index is -1.47. The predicted molar refractivity (Wildman–Crippen MR) is 414 cm³/mol. The highest BCUT2D eigenvalue weighted by molar-refractivity contribution is 5.79. The number of amides is 7. The Hall–Kier alpha value is -9.64. The quantitative estimate of drug-likeness (QED) is 0.0160. The number of nitrogens with two attached hydrogens (primary N) is 1. The van der Waals surface area contributed by atoms with Gasteiger partial charge in [-0.1, -0.05) is 10.4 Å². The van der Waals surface area contributed by atoms with Crippen LogP contribution in [0.25, 0.3) is 0 Å². The van der Waals surface area contributed by atoms with E-state index in [1.54, 1.807) is 0 Å². The van der Waals surface area contributed by atoms with Crippen LogP contribution in [-0.2, 0) is 157 Å². The number of unbranched alkanes of at least 4 members (excludes halogenated alkanes) is 3. The third-order valence-electron chi connectivity index (χ3n) is 18.0. The lowest BCUT2D eigenvalue weighted by Gasteiger charge is -2.44. The molecule has 1 unspecified atom stereocenters. The van der Waals surface area contributed by atoms with E-state index in [0.29, 0.717) is 57.8 Å². The van der Waals surface area contributed by atoms with Gasteiger partial charge in [0.1, 0.15) is 37.6 Å². The van der Waals surface area contributed by atoms with Crippen LogP contribution in [0.5, 0.6) is 0 Å². The first-order valence-corrected chi connectivity index (χ1v) is 40.2. The van der Waals surface area contributed by atoms with Gasteiger partial charge in [-0.05, 0) is 64.2 Å². The van der Waals surface area contributed by atoms with Crippen molar-refractivity contribution >= 4 is 95.1 Å². The monoisotopic (exact) mass is 1730 g/mol. The molecule has 9 N–H and O–H groups in total. The molecule has 2 heterocycles. The van der Waals surface area contributed by atoms with E-state index >= 15 is 0 Å². The maximum atomic E-state index is 12.8. The zero-order valence-corrected chi connectivity index (χ0v) is 70.5. The Morgan fingerprint density at radius 2 is 0.661 bits per heavy atom. The Kier molecular flexibility index (Phi) is 51.6. The number of nitroso groups, excluding NO2 is 2. The van der Waals surface area contributed by atoms with Gasteiger partial charge in [-0.2, -0.15) is 9.81 Å². The molecule has 0 radical (unpaired) electrons. The largest absolute Gasteiger partial charge is 0.465 e.